The summed E-state index contributed by atoms with van der Waals surface area (Å²) >= 11 is 0. The second-order valence-electron chi connectivity index (χ2n) is 4.06. The minimum atomic E-state index is -0.564. The van der Waals surface area contributed by atoms with Crippen molar-refractivity contribution < 1.29 is 19.1 Å². The van der Waals surface area contributed by atoms with Gasteiger partial charge in [-0.05, 0) is 31.2 Å². The fourth-order valence-electron chi connectivity index (χ4n) is 1.65. The van der Waals surface area contributed by atoms with Gasteiger partial charge in [0.15, 0.2) is 11.9 Å². The lowest BCUT2D eigenvalue weighted by atomic mass is 10.1. The van der Waals surface area contributed by atoms with Gasteiger partial charge in [-0.3, -0.25) is 9.59 Å². The van der Waals surface area contributed by atoms with Crippen molar-refractivity contribution in [3.8, 4) is 0 Å². The van der Waals surface area contributed by atoms with Gasteiger partial charge in [0.1, 0.15) is 0 Å². The molecular formula is C13H15NO4. The number of amides is 1. The Bertz CT molecular complexity index is 435. The lowest BCUT2D eigenvalue weighted by Crippen LogP contribution is -2.39. The molecule has 0 bridgehead atoms. The van der Waals surface area contributed by atoms with Gasteiger partial charge >= 0.3 is 0 Å². The maximum absolute atomic E-state index is 11.8. The molecule has 1 fully saturated rings. The third-order valence-corrected chi connectivity index (χ3v) is 2.67. The predicted octanol–water partition coefficient (Wildman–Crippen LogP) is 1.24. The quantitative estimate of drug-likeness (QED) is 0.819. The molecule has 0 saturated carbocycles. The van der Waals surface area contributed by atoms with Gasteiger partial charge in [-0.15, -0.1) is 0 Å². The normalized spacial score (nSPS) is 19.3. The van der Waals surface area contributed by atoms with E-state index in [0.29, 0.717) is 24.5 Å². The topological polar surface area (TPSA) is 64.6 Å². The highest BCUT2D eigenvalue weighted by molar-refractivity contribution is 5.96. The first-order valence-electron chi connectivity index (χ1n) is 5.78. The van der Waals surface area contributed by atoms with Crippen LogP contribution in [-0.2, 0) is 14.3 Å². The van der Waals surface area contributed by atoms with Gasteiger partial charge in [-0.1, -0.05) is 0 Å². The molecule has 2 rings (SSSR count). The predicted molar refractivity (Wildman–Crippen MR) is 65.6 cm³/mol. The molecule has 1 heterocycles. The van der Waals surface area contributed by atoms with Crippen LogP contribution in [-0.4, -0.2) is 37.6 Å². The second kappa shape index (κ2) is 5.75. The average Bonchev–Trinajstić information content (AvgIpc) is 2.40. The van der Waals surface area contributed by atoms with E-state index in [1.54, 1.807) is 24.3 Å². The molecule has 1 aromatic carbocycles. The highest BCUT2D eigenvalue weighted by Gasteiger charge is 2.22. The minimum absolute atomic E-state index is 0.00288. The Kier molecular flexibility index (Phi) is 4.07. The molecule has 1 aromatic rings. The van der Waals surface area contributed by atoms with Crippen LogP contribution < -0.4 is 5.32 Å². The molecule has 18 heavy (non-hydrogen) atoms. The maximum Gasteiger partial charge on any atom is 0.255 e. The van der Waals surface area contributed by atoms with Crippen molar-refractivity contribution in [2.45, 2.75) is 13.0 Å². The van der Waals surface area contributed by atoms with E-state index in [9.17, 15) is 9.59 Å². The summed E-state index contributed by atoms with van der Waals surface area (Å²) in [5.41, 5.74) is 1.25. The van der Waals surface area contributed by atoms with Gasteiger partial charge in [-0.2, -0.15) is 0 Å². The third kappa shape index (κ3) is 3.15. The zero-order chi connectivity index (χ0) is 13.0. The van der Waals surface area contributed by atoms with E-state index in [-0.39, 0.29) is 18.3 Å². The number of ketones is 1. The monoisotopic (exact) mass is 249 g/mol. The van der Waals surface area contributed by atoms with E-state index in [1.165, 1.54) is 6.92 Å². The van der Waals surface area contributed by atoms with E-state index in [4.69, 9.17) is 9.47 Å². The number of carbonyl (C=O) groups is 2. The van der Waals surface area contributed by atoms with Gasteiger partial charge in [0.05, 0.1) is 19.8 Å². The van der Waals surface area contributed by atoms with Crippen LogP contribution in [0.2, 0.25) is 0 Å². The number of hydrogen-bond donors (Lipinski definition) is 1. The van der Waals surface area contributed by atoms with E-state index >= 15 is 0 Å². The number of Topliss-reactive ketones (excluding diaryl/α,β-unsaturated/α-hetero) is 1. The molecule has 1 atom stereocenters. The highest BCUT2D eigenvalue weighted by atomic mass is 16.6. The van der Waals surface area contributed by atoms with E-state index in [1.807, 2.05) is 0 Å². The highest BCUT2D eigenvalue weighted by Crippen LogP contribution is 2.11. The van der Waals surface area contributed by atoms with Crippen LogP contribution in [0.1, 0.15) is 17.3 Å². The molecule has 1 aliphatic rings. The number of benzene rings is 1. The fourth-order valence-corrected chi connectivity index (χ4v) is 1.65. The number of carbonyl (C=O) groups excluding carboxylic acids is 2. The first-order valence-corrected chi connectivity index (χ1v) is 5.78. The maximum atomic E-state index is 11.8. The summed E-state index contributed by atoms with van der Waals surface area (Å²) in [5, 5.41) is 2.72. The first-order chi connectivity index (χ1) is 8.66. The standard InChI is InChI=1S/C13H15NO4/c1-9(15)10-2-4-11(5-3-10)14-13(16)12-8-17-6-7-18-12/h2-5,12H,6-8H2,1H3,(H,14,16). The van der Waals surface area contributed by atoms with Crippen molar-refractivity contribution in [1.82, 2.24) is 0 Å². The van der Waals surface area contributed by atoms with E-state index < -0.39 is 6.10 Å². The zero-order valence-corrected chi connectivity index (χ0v) is 10.1. The summed E-state index contributed by atoms with van der Waals surface area (Å²) in [6.07, 6.45) is -0.564. The van der Waals surface area contributed by atoms with Crippen LogP contribution in [0.3, 0.4) is 0 Å². The van der Waals surface area contributed by atoms with Crippen molar-refractivity contribution in [3.05, 3.63) is 29.8 Å². The zero-order valence-electron chi connectivity index (χ0n) is 10.1. The fraction of sp³-hybridized carbons (Fsp3) is 0.385. The van der Waals surface area contributed by atoms with Gasteiger partial charge in [-0.25, -0.2) is 0 Å². The lowest BCUT2D eigenvalue weighted by molar-refractivity contribution is -0.142. The number of nitrogens with one attached hydrogen (secondary N) is 1. The Morgan fingerprint density at radius 2 is 1.94 bits per heavy atom. The summed E-state index contributed by atoms with van der Waals surface area (Å²) in [6.45, 7) is 2.73. The van der Waals surface area contributed by atoms with Gasteiger partial charge in [0.2, 0.25) is 0 Å². The molecule has 5 heteroatoms. The third-order valence-electron chi connectivity index (χ3n) is 2.67. The molecule has 0 spiro atoms. The van der Waals surface area contributed by atoms with Crippen LogP contribution in [0.4, 0.5) is 5.69 Å². The van der Waals surface area contributed by atoms with E-state index in [0.717, 1.165) is 0 Å². The Morgan fingerprint density at radius 3 is 2.50 bits per heavy atom. The summed E-state index contributed by atoms with van der Waals surface area (Å²) < 4.78 is 10.4. The van der Waals surface area contributed by atoms with Crippen LogP contribution in [0.15, 0.2) is 24.3 Å². The SMILES string of the molecule is CC(=O)c1ccc(NC(=O)C2COCCO2)cc1. The Balaban J connectivity index is 1.96. The number of rotatable bonds is 3. The van der Waals surface area contributed by atoms with E-state index in [2.05, 4.69) is 5.32 Å². The molecule has 1 N–H and O–H groups in total. The Labute approximate surface area is 105 Å². The smallest absolute Gasteiger partial charge is 0.255 e. The van der Waals surface area contributed by atoms with Crippen molar-refractivity contribution >= 4 is 17.4 Å². The molecule has 1 saturated heterocycles. The van der Waals surface area contributed by atoms with Crippen LogP contribution in [0.5, 0.6) is 0 Å². The van der Waals surface area contributed by atoms with Crippen LogP contribution in [0.25, 0.3) is 0 Å². The Hall–Kier alpha value is -1.72. The lowest BCUT2D eigenvalue weighted by Gasteiger charge is -2.22. The molecule has 0 aromatic heterocycles. The molecule has 1 amide bonds. The molecular weight excluding hydrogens is 234 g/mol. The van der Waals surface area contributed by atoms with Crippen LogP contribution >= 0.6 is 0 Å². The summed E-state index contributed by atoms with van der Waals surface area (Å²) in [4.78, 5) is 22.9. The number of hydrogen-bond acceptors (Lipinski definition) is 4. The number of ether oxygens (including phenoxy) is 2. The van der Waals surface area contributed by atoms with Crippen molar-refractivity contribution in [1.29, 1.82) is 0 Å². The Morgan fingerprint density at radius 1 is 1.22 bits per heavy atom. The summed E-state index contributed by atoms with van der Waals surface area (Å²) in [5.74, 6) is -0.234. The first kappa shape index (κ1) is 12.7. The van der Waals surface area contributed by atoms with Crippen molar-refractivity contribution in [3.63, 3.8) is 0 Å². The second-order valence-corrected chi connectivity index (χ2v) is 4.06. The molecule has 1 aliphatic heterocycles. The summed E-state index contributed by atoms with van der Waals surface area (Å²) in [7, 11) is 0. The minimum Gasteiger partial charge on any atom is -0.376 e. The molecule has 5 nitrogen and oxygen atoms in total. The van der Waals surface area contributed by atoms with Crippen LogP contribution in [0, 0.1) is 0 Å². The number of anilines is 1. The molecule has 0 radical (unpaired) electrons. The van der Waals surface area contributed by atoms with Gasteiger partial charge < -0.3 is 14.8 Å². The van der Waals surface area contributed by atoms with Gasteiger partial charge in [0, 0.05) is 11.3 Å². The average molecular weight is 249 g/mol. The van der Waals surface area contributed by atoms with Crippen molar-refractivity contribution in [2.24, 2.45) is 0 Å². The molecule has 0 aliphatic carbocycles. The summed E-state index contributed by atoms with van der Waals surface area (Å²) in [6, 6.07) is 6.74. The van der Waals surface area contributed by atoms with Gasteiger partial charge in [0.25, 0.3) is 5.91 Å². The molecule has 96 valence electrons. The molecule has 1 unspecified atom stereocenters. The largest absolute Gasteiger partial charge is 0.376 e. The van der Waals surface area contributed by atoms with Crippen molar-refractivity contribution in [2.75, 3.05) is 25.1 Å².